The van der Waals surface area contributed by atoms with E-state index in [4.69, 9.17) is 4.74 Å². The van der Waals surface area contributed by atoms with Crippen molar-refractivity contribution in [2.75, 3.05) is 0 Å². The summed E-state index contributed by atoms with van der Waals surface area (Å²) in [7, 11) is 0. The van der Waals surface area contributed by atoms with E-state index in [-0.39, 0.29) is 6.61 Å². The predicted octanol–water partition coefficient (Wildman–Crippen LogP) is 6.50. The Bertz CT molecular complexity index is 836. The van der Waals surface area contributed by atoms with Gasteiger partial charge in [-0.3, -0.25) is 0 Å². The van der Waals surface area contributed by atoms with E-state index in [1.807, 2.05) is 42.5 Å². The molecule has 0 amide bonds. The summed E-state index contributed by atoms with van der Waals surface area (Å²) in [4.78, 5) is 0. The molecule has 1 nitrogen and oxygen atoms in total. The minimum atomic E-state index is -1.27. The second-order valence-corrected chi connectivity index (χ2v) is 5.92. The summed E-state index contributed by atoms with van der Waals surface area (Å²) in [6.07, 6.45) is 0.556. The van der Waals surface area contributed by atoms with Crippen molar-refractivity contribution in [1.29, 1.82) is 0 Å². The third kappa shape index (κ3) is 4.23. The first-order chi connectivity index (χ1) is 12.2. The molecule has 0 heterocycles. The fourth-order valence-electron chi connectivity index (χ4n) is 2.82. The van der Waals surface area contributed by atoms with Gasteiger partial charge in [0.1, 0.15) is 0 Å². The molecule has 3 rings (SSSR count). The number of hydrogen-bond acceptors (Lipinski definition) is 1. The Morgan fingerprint density at radius 2 is 1.56 bits per heavy atom. The van der Waals surface area contributed by atoms with Gasteiger partial charge < -0.3 is 4.74 Å². The molecule has 2 heteroatoms. The maximum atomic E-state index is 12.8. The van der Waals surface area contributed by atoms with Crippen molar-refractivity contribution in [2.45, 2.75) is 19.9 Å². The van der Waals surface area contributed by atoms with E-state index in [9.17, 15) is 4.39 Å². The van der Waals surface area contributed by atoms with E-state index < -0.39 is 6.36 Å². The number of benzene rings is 3. The fraction of sp³-hybridized carbons (Fsp3) is 0.130. The highest BCUT2D eigenvalue weighted by Gasteiger charge is 2.06. The van der Waals surface area contributed by atoms with Crippen LogP contribution in [0, 0.1) is 0 Å². The van der Waals surface area contributed by atoms with Crippen molar-refractivity contribution in [3.05, 3.63) is 90.5 Å². The van der Waals surface area contributed by atoms with Gasteiger partial charge in [0.15, 0.2) is 6.36 Å². The van der Waals surface area contributed by atoms with Gasteiger partial charge in [-0.05, 0) is 46.4 Å². The molecular formula is C23H21FO. The van der Waals surface area contributed by atoms with Crippen LogP contribution in [-0.4, -0.2) is 6.36 Å². The number of ether oxygens (including phenoxy) is 1. The molecule has 1 unspecified atom stereocenters. The van der Waals surface area contributed by atoms with E-state index >= 15 is 0 Å². The van der Waals surface area contributed by atoms with Crippen LogP contribution in [0.3, 0.4) is 0 Å². The fourth-order valence-corrected chi connectivity index (χ4v) is 2.82. The maximum Gasteiger partial charge on any atom is 0.196 e. The first-order valence-corrected chi connectivity index (χ1v) is 8.34. The maximum absolute atomic E-state index is 12.8. The number of alkyl halides is 1. The summed E-state index contributed by atoms with van der Waals surface area (Å²) in [6.45, 7) is 5.55. The Hall–Kier alpha value is -2.71. The third-order valence-corrected chi connectivity index (χ3v) is 4.12. The van der Waals surface area contributed by atoms with Gasteiger partial charge >= 0.3 is 0 Å². The molecule has 0 saturated carbocycles. The van der Waals surface area contributed by atoms with Crippen LogP contribution in [0.25, 0.3) is 28.3 Å². The summed E-state index contributed by atoms with van der Waals surface area (Å²) in [5.41, 5.74) is 6.56. The highest BCUT2D eigenvalue weighted by Crippen LogP contribution is 2.28. The van der Waals surface area contributed by atoms with E-state index in [1.165, 1.54) is 18.1 Å². The van der Waals surface area contributed by atoms with Crippen molar-refractivity contribution >= 4 is 6.08 Å². The van der Waals surface area contributed by atoms with Gasteiger partial charge in [0.25, 0.3) is 0 Å². The molecule has 0 aliphatic rings. The van der Waals surface area contributed by atoms with Gasteiger partial charge in [0.05, 0.1) is 6.61 Å². The first-order valence-electron chi connectivity index (χ1n) is 8.34. The average Bonchev–Trinajstić information content (AvgIpc) is 2.67. The summed E-state index contributed by atoms with van der Waals surface area (Å²) >= 11 is 0. The van der Waals surface area contributed by atoms with Gasteiger partial charge in [0.2, 0.25) is 0 Å². The lowest BCUT2D eigenvalue weighted by Gasteiger charge is -2.11. The van der Waals surface area contributed by atoms with E-state index in [1.54, 1.807) is 0 Å². The van der Waals surface area contributed by atoms with Crippen molar-refractivity contribution in [2.24, 2.45) is 0 Å². The van der Waals surface area contributed by atoms with Crippen molar-refractivity contribution in [3.63, 3.8) is 0 Å². The second kappa shape index (κ2) is 7.91. The third-order valence-electron chi connectivity index (χ3n) is 4.12. The van der Waals surface area contributed by atoms with Gasteiger partial charge in [-0.2, -0.15) is 0 Å². The lowest BCUT2D eigenvalue weighted by Crippen LogP contribution is -2.01. The van der Waals surface area contributed by atoms with E-state index in [0.29, 0.717) is 0 Å². The van der Waals surface area contributed by atoms with Crippen LogP contribution in [0.2, 0.25) is 0 Å². The highest BCUT2D eigenvalue weighted by atomic mass is 19.1. The summed E-state index contributed by atoms with van der Waals surface area (Å²) in [5.74, 6) is 0. The van der Waals surface area contributed by atoms with Crippen LogP contribution in [0.1, 0.15) is 18.1 Å². The molecule has 0 aromatic heterocycles. The molecule has 3 aromatic carbocycles. The number of rotatable bonds is 6. The topological polar surface area (TPSA) is 9.23 Å². The van der Waals surface area contributed by atoms with E-state index in [2.05, 4.69) is 43.0 Å². The molecule has 1 atom stereocenters. The molecule has 0 spiro atoms. The summed E-state index contributed by atoms with van der Waals surface area (Å²) < 4.78 is 17.9. The van der Waals surface area contributed by atoms with Crippen LogP contribution < -0.4 is 0 Å². The summed E-state index contributed by atoms with van der Waals surface area (Å²) in [5, 5.41) is 0. The lowest BCUT2D eigenvalue weighted by atomic mass is 9.95. The Morgan fingerprint density at radius 3 is 2.20 bits per heavy atom. The lowest BCUT2D eigenvalue weighted by molar-refractivity contribution is -0.0349. The number of hydrogen-bond donors (Lipinski definition) is 0. The second-order valence-electron chi connectivity index (χ2n) is 5.92. The van der Waals surface area contributed by atoms with Crippen LogP contribution in [0.4, 0.5) is 4.39 Å². The largest absolute Gasteiger partial charge is 0.344 e. The normalized spacial score (nSPS) is 11.9. The van der Waals surface area contributed by atoms with Crippen LogP contribution >= 0.6 is 0 Å². The SMILES string of the molecule is C=Cc1cc(COC(C)F)ccc1-c1ccc(-c2ccccc2)cc1. The Balaban J connectivity index is 1.87. The standard InChI is InChI=1S/C23H21FO/c1-3-19-15-18(16-25-17(2)24)9-14-23(19)22-12-10-21(11-13-22)20-7-5-4-6-8-20/h3-15,17H,1,16H2,2H3. The van der Waals surface area contributed by atoms with Gasteiger partial charge in [-0.1, -0.05) is 79.4 Å². The van der Waals surface area contributed by atoms with Crippen LogP contribution in [0.5, 0.6) is 0 Å². The quantitative estimate of drug-likeness (QED) is 0.501. The molecular weight excluding hydrogens is 311 g/mol. The summed E-state index contributed by atoms with van der Waals surface area (Å²) in [6, 6.07) is 24.8. The van der Waals surface area contributed by atoms with E-state index in [0.717, 1.165) is 22.3 Å². The molecule has 25 heavy (non-hydrogen) atoms. The smallest absolute Gasteiger partial charge is 0.196 e. The Kier molecular flexibility index (Phi) is 5.42. The highest BCUT2D eigenvalue weighted by molar-refractivity contribution is 5.77. The van der Waals surface area contributed by atoms with Gasteiger partial charge in [0, 0.05) is 0 Å². The van der Waals surface area contributed by atoms with Crippen LogP contribution in [0.15, 0.2) is 79.4 Å². The predicted molar refractivity (Wildman–Crippen MR) is 103 cm³/mol. The molecule has 0 radical (unpaired) electrons. The zero-order valence-electron chi connectivity index (χ0n) is 14.3. The molecule has 126 valence electrons. The van der Waals surface area contributed by atoms with Crippen molar-refractivity contribution in [1.82, 2.24) is 0 Å². The van der Waals surface area contributed by atoms with Crippen LogP contribution in [-0.2, 0) is 11.3 Å². The minimum Gasteiger partial charge on any atom is -0.344 e. The average molecular weight is 332 g/mol. The molecule has 0 aliphatic heterocycles. The van der Waals surface area contributed by atoms with Crippen molar-refractivity contribution in [3.8, 4) is 22.3 Å². The monoisotopic (exact) mass is 332 g/mol. The zero-order valence-corrected chi connectivity index (χ0v) is 14.3. The molecule has 0 saturated heterocycles. The molecule has 0 fully saturated rings. The number of halogens is 1. The minimum absolute atomic E-state index is 0.256. The molecule has 0 bridgehead atoms. The van der Waals surface area contributed by atoms with Crippen molar-refractivity contribution < 1.29 is 9.13 Å². The first kappa shape index (κ1) is 17.1. The molecule has 3 aromatic rings. The zero-order chi connectivity index (χ0) is 17.6. The van der Waals surface area contributed by atoms with Gasteiger partial charge in [-0.15, -0.1) is 0 Å². The Morgan fingerprint density at radius 1 is 0.920 bits per heavy atom. The molecule has 0 aliphatic carbocycles. The molecule has 0 N–H and O–H groups in total. The Labute approximate surface area is 148 Å². The van der Waals surface area contributed by atoms with Gasteiger partial charge in [-0.25, -0.2) is 4.39 Å².